The molecule has 29 heavy (non-hydrogen) atoms. The van der Waals surface area contributed by atoms with Crippen LogP contribution in [0.1, 0.15) is 32.0 Å². The minimum absolute atomic E-state index is 0.428. The Morgan fingerprint density at radius 1 is 1.24 bits per heavy atom. The zero-order valence-corrected chi connectivity index (χ0v) is 17.3. The Labute approximate surface area is 172 Å². The van der Waals surface area contributed by atoms with E-state index >= 15 is 0 Å². The second kappa shape index (κ2) is 9.07. The van der Waals surface area contributed by atoms with Gasteiger partial charge in [-0.25, -0.2) is 4.98 Å². The number of fused-ring (bicyclic) bond motifs is 1. The van der Waals surface area contributed by atoms with Crippen molar-refractivity contribution in [2.45, 2.75) is 32.7 Å². The highest BCUT2D eigenvalue weighted by molar-refractivity contribution is 5.80. The van der Waals surface area contributed by atoms with Crippen LogP contribution in [0.4, 0.5) is 0 Å². The van der Waals surface area contributed by atoms with Crippen molar-refractivity contribution < 1.29 is 0 Å². The van der Waals surface area contributed by atoms with Crippen LogP contribution in [0.25, 0.3) is 10.9 Å². The van der Waals surface area contributed by atoms with Crippen molar-refractivity contribution in [3.8, 4) is 0 Å². The lowest BCUT2D eigenvalue weighted by Crippen LogP contribution is -2.49. The number of aromatic nitrogens is 3. The summed E-state index contributed by atoms with van der Waals surface area (Å²) in [5.41, 5.74) is 2.14. The lowest BCUT2D eigenvalue weighted by molar-refractivity contribution is 0.189. The molecule has 6 heteroatoms. The minimum Gasteiger partial charge on any atom is -0.357 e. The van der Waals surface area contributed by atoms with Gasteiger partial charge in [-0.1, -0.05) is 31.2 Å². The standard InChI is InChI=1S/C23H30N6/c1-3-25-23(28-14-11-18(2)22(16-28)29-15-13-24-17-29)26-12-10-20-9-8-19-6-4-5-7-21(19)27-20/h4-9,13,15,17-18,22H,3,10-12,14,16H2,1-2H3,(H,25,26). The highest BCUT2D eigenvalue weighted by atomic mass is 15.3. The molecule has 2 unspecified atom stereocenters. The molecule has 2 aromatic heterocycles. The number of piperidine rings is 1. The quantitative estimate of drug-likeness (QED) is 0.535. The van der Waals surface area contributed by atoms with Crippen molar-refractivity contribution in [3.05, 3.63) is 60.8 Å². The van der Waals surface area contributed by atoms with Crippen molar-refractivity contribution in [1.29, 1.82) is 0 Å². The maximum Gasteiger partial charge on any atom is 0.193 e. The first-order valence-electron chi connectivity index (χ1n) is 10.6. The van der Waals surface area contributed by atoms with Crippen molar-refractivity contribution in [2.75, 3.05) is 26.2 Å². The third-order valence-electron chi connectivity index (χ3n) is 5.75. The first kappa shape index (κ1) is 19.4. The molecule has 1 aromatic carbocycles. The van der Waals surface area contributed by atoms with Gasteiger partial charge in [-0.2, -0.15) is 0 Å². The van der Waals surface area contributed by atoms with Crippen molar-refractivity contribution in [3.63, 3.8) is 0 Å². The topological polar surface area (TPSA) is 58.3 Å². The molecule has 3 aromatic rings. The predicted octanol–water partition coefficient (Wildman–Crippen LogP) is 3.52. The Kier molecular flexibility index (Phi) is 6.08. The van der Waals surface area contributed by atoms with E-state index in [1.807, 2.05) is 24.7 Å². The fraction of sp³-hybridized carbons (Fsp3) is 0.435. The van der Waals surface area contributed by atoms with E-state index in [0.717, 1.165) is 56.2 Å². The molecule has 1 aliphatic heterocycles. The van der Waals surface area contributed by atoms with E-state index in [2.05, 4.69) is 64.1 Å². The third-order valence-corrected chi connectivity index (χ3v) is 5.75. The molecule has 1 saturated heterocycles. The van der Waals surface area contributed by atoms with Crippen LogP contribution in [-0.2, 0) is 6.42 Å². The fourth-order valence-corrected chi connectivity index (χ4v) is 4.04. The number of hydrogen-bond donors (Lipinski definition) is 1. The van der Waals surface area contributed by atoms with E-state index in [9.17, 15) is 0 Å². The maximum absolute atomic E-state index is 4.92. The second-order valence-corrected chi connectivity index (χ2v) is 7.77. The average molecular weight is 391 g/mol. The van der Waals surface area contributed by atoms with Crippen LogP contribution in [0, 0.1) is 5.92 Å². The maximum atomic E-state index is 4.92. The van der Waals surface area contributed by atoms with Gasteiger partial charge in [0.25, 0.3) is 0 Å². The molecule has 1 N–H and O–H groups in total. The first-order valence-corrected chi connectivity index (χ1v) is 10.6. The van der Waals surface area contributed by atoms with Crippen molar-refractivity contribution >= 4 is 16.9 Å². The molecule has 1 fully saturated rings. The van der Waals surface area contributed by atoms with Gasteiger partial charge in [0.15, 0.2) is 5.96 Å². The van der Waals surface area contributed by atoms with E-state index in [1.54, 1.807) is 0 Å². The van der Waals surface area contributed by atoms with Crippen LogP contribution in [-0.4, -0.2) is 51.6 Å². The number of guanidine groups is 1. The molecule has 6 nitrogen and oxygen atoms in total. The molecule has 2 atom stereocenters. The van der Waals surface area contributed by atoms with E-state index < -0.39 is 0 Å². The Balaban J connectivity index is 1.44. The van der Waals surface area contributed by atoms with Crippen LogP contribution >= 0.6 is 0 Å². The van der Waals surface area contributed by atoms with Crippen LogP contribution in [0.3, 0.4) is 0 Å². The highest BCUT2D eigenvalue weighted by Gasteiger charge is 2.28. The summed E-state index contributed by atoms with van der Waals surface area (Å²) >= 11 is 0. The van der Waals surface area contributed by atoms with Crippen LogP contribution < -0.4 is 5.32 Å². The molecule has 1 aliphatic rings. The van der Waals surface area contributed by atoms with Crippen molar-refractivity contribution in [2.24, 2.45) is 10.9 Å². The highest BCUT2D eigenvalue weighted by Crippen LogP contribution is 2.27. The molecule has 0 spiro atoms. The smallest absolute Gasteiger partial charge is 0.193 e. The van der Waals surface area contributed by atoms with Gasteiger partial charge in [0.1, 0.15) is 0 Å². The van der Waals surface area contributed by atoms with E-state index in [0.29, 0.717) is 12.0 Å². The summed E-state index contributed by atoms with van der Waals surface area (Å²) in [6.07, 6.45) is 7.86. The number of nitrogens with zero attached hydrogens (tertiary/aromatic N) is 5. The molecule has 3 heterocycles. The summed E-state index contributed by atoms with van der Waals surface area (Å²) in [6, 6.07) is 12.9. The van der Waals surface area contributed by atoms with Gasteiger partial charge in [-0.05, 0) is 31.4 Å². The van der Waals surface area contributed by atoms with Gasteiger partial charge < -0.3 is 14.8 Å². The number of likely N-dealkylation sites (tertiary alicyclic amines) is 1. The molecule has 0 saturated carbocycles. The summed E-state index contributed by atoms with van der Waals surface area (Å²) in [5.74, 6) is 1.63. The molecular weight excluding hydrogens is 360 g/mol. The molecule has 4 rings (SSSR count). The fourth-order valence-electron chi connectivity index (χ4n) is 4.04. The van der Waals surface area contributed by atoms with Gasteiger partial charge >= 0.3 is 0 Å². The monoisotopic (exact) mass is 390 g/mol. The van der Waals surface area contributed by atoms with Crippen LogP contribution in [0.2, 0.25) is 0 Å². The van der Waals surface area contributed by atoms with Gasteiger partial charge in [-0.3, -0.25) is 9.98 Å². The van der Waals surface area contributed by atoms with Gasteiger partial charge in [0.2, 0.25) is 0 Å². The number of nitrogens with one attached hydrogen (secondary N) is 1. The van der Waals surface area contributed by atoms with Gasteiger partial charge in [0, 0.05) is 56.1 Å². The Bertz CT molecular complexity index is 949. The zero-order chi connectivity index (χ0) is 20.1. The third kappa shape index (κ3) is 4.58. The predicted molar refractivity (Wildman–Crippen MR) is 118 cm³/mol. The molecule has 0 bridgehead atoms. The summed E-state index contributed by atoms with van der Waals surface area (Å²) in [6.45, 7) is 8.05. The Morgan fingerprint density at radius 2 is 2.14 bits per heavy atom. The molecule has 0 amide bonds. The summed E-state index contributed by atoms with van der Waals surface area (Å²) in [7, 11) is 0. The number of aliphatic imine (C=N–C) groups is 1. The molecular formula is C23H30N6. The SMILES string of the molecule is CCNC(=NCCc1ccc2ccccc2n1)N1CCC(C)C(n2ccnc2)C1. The lowest BCUT2D eigenvalue weighted by atomic mass is 9.93. The average Bonchev–Trinajstić information content (AvgIpc) is 3.28. The molecule has 152 valence electrons. The summed E-state index contributed by atoms with van der Waals surface area (Å²) in [4.78, 5) is 16.3. The van der Waals surface area contributed by atoms with E-state index in [-0.39, 0.29) is 0 Å². The Morgan fingerprint density at radius 3 is 2.97 bits per heavy atom. The van der Waals surface area contributed by atoms with Crippen LogP contribution in [0.15, 0.2) is 60.1 Å². The summed E-state index contributed by atoms with van der Waals surface area (Å²) < 4.78 is 2.24. The minimum atomic E-state index is 0.428. The first-order chi connectivity index (χ1) is 14.2. The van der Waals surface area contributed by atoms with Crippen LogP contribution in [0.5, 0.6) is 0 Å². The van der Waals surface area contributed by atoms with Gasteiger partial charge in [0.05, 0.1) is 17.9 Å². The number of imidazole rings is 1. The number of pyridine rings is 1. The summed E-state index contributed by atoms with van der Waals surface area (Å²) in [5, 5.41) is 4.66. The van der Waals surface area contributed by atoms with Crippen molar-refractivity contribution in [1.82, 2.24) is 24.8 Å². The van der Waals surface area contributed by atoms with E-state index in [4.69, 9.17) is 9.98 Å². The molecule has 0 radical (unpaired) electrons. The largest absolute Gasteiger partial charge is 0.357 e. The Hall–Kier alpha value is -2.89. The molecule has 0 aliphatic carbocycles. The number of rotatable bonds is 5. The van der Waals surface area contributed by atoms with E-state index in [1.165, 1.54) is 5.39 Å². The lowest BCUT2D eigenvalue weighted by Gasteiger charge is -2.39. The van der Waals surface area contributed by atoms with Gasteiger partial charge in [-0.15, -0.1) is 0 Å². The second-order valence-electron chi connectivity index (χ2n) is 7.77. The zero-order valence-electron chi connectivity index (χ0n) is 17.3. The number of benzene rings is 1. The number of para-hydroxylation sites is 1. The number of hydrogen-bond acceptors (Lipinski definition) is 3. The normalized spacial score (nSPS) is 20.2.